The molecule has 33 heavy (non-hydrogen) atoms. The normalized spacial score (nSPS) is 17.2. The van der Waals surface area contributed by atoms with Crippen LogP contribution in [0.15, 0.2) is 54.6 Å². The summed E-state index contributed by atoms with van der Waals surface area (Å²) in [6, 6.07) is 15.8. The molecule has 0 unspecified atom stereocenters. The highest BCUT2D eigenvalue weighted by Gasteiger charge is 2.41. The molecule has 0 aliphatic heterocycles. The van der Waals surface area contributed by atoms with Gasteiger partial charge >= 0.3 is 0 Å². The van der Waals surface area contributed by atoms with Crippen LogP contribution in [0, 0.1) is 5.41 Å². The zero-order valence-electron chi connectivity index (χ0n) is 19.4. The highest BCUT2D eigenvalue weighted by atomic mass is 35.5. The Bertz CT molecular complexity index is 1100. The minimum absolute atomic E-state index is 0.0642. The predicted molar refractivity (Wildman–Crippen MR) is 137 cm³/mol. The molecule has 174 valence electrons. The zero-order chi connectivity index (χ0) is 23.5. The fourth-order valence-electron chi connectivity index (χ4n) is 4.62. The fourth-order valence-corrected chi connectivity index (χ4v) is 5.09. The van der Waals surface area contributed by atoms with Crippen LogP contribution in [0.5, 0.6) is 0 Å². The highest BCUT2D eigenvalue weighted by Crippen LogP contribution is 2.42. The predicted octanol–water partition coefficient (Wildman–Crippen LogP) is 7.55. The minimum atomic E-state index is -0.307. The first-order chi connectivity index (χ1) is 15.8. The summed E-state index contributed by atoms with van der Waals surface area (Å²) in [6.07, 6.45) is 9.69. The molecule has 7 heteroatoms. The van der Waals surface area contributed by atoms with Crippen LogP contribution >= 0.6 is 23.2 Å². The third-order valence-electron chi connectivity index (χ3n) is 6.36. The second-order valence-corrected chi connectivity index (χ2v) is 10.8. The van der Waals surface area contributed by atoms with Crippen molar-refractivity contribution in [2.24, 2.45) is 5.41 Å². The number of hydrogen-bond donors (Lipinski definition) is 1. The van der Waals surface area contributed by atoms with Crippen LogP contribution < -0.4 is 5.32 Å². The highest BCUT2D eigenvalue weighted by molar-refractivity contribution is 6.35. The van der Waals surface area contributed by atoms with E-state index in [1.54, 1.807) is 6.07 Å². The molecule has 0 saturated heterocycles. The first-order valence-corrected chi connectivity index (χ1v) is 12.3. The summed E-state index contributed by atoms with van der Waals surface area (Å²) in [4.78, 5) is 0. The lowest BCUT2D eigenvalue weighted by atomic mass is 9.79. The molecule has 0 bridgehead atoms. The lowest BCUT2D eigenvalue weighted by molar-refractivity contribution is 0.237. The molecular weight excluding hydrogens is 453 g/mol. The smallest absolute Gasteiger partial charge is 0.177 e. The van der Waals surface area contributed by atoms with Crippen molar-refractivity contribution < 1.29 is 0 Å². The van der Waals surface area contributed by atoms with Gasteiger partial charge in [-0.2, -0.15) is 0 Å². The SMILES string of the molecule is CC(C)(C)[C@@H](/C=C\c1ccc(Cl)cc1Cl)n1nnnc1C1(Nc2ccccc2)CCCCC1. The Balaban J connectivity index is 1.74. The van der Waals surface area contributed by atoms with Crippen molar-refractivity contribution in [2.75, 3.05) is 5.32 Å². The molecule has 1 heterocycles. The number of benzene rings is 2. The summed E-state index contributed by atoms with van der Waals surface area (Å²) in [5.74, 6) is 0.887. The summed E-state index contributed by atoms with van der Waals surface area (Å²) in [5, 5.41) is 18.3. The van der Waals surface area contributed by atoms with E-state index in [1.165, 1.54) is 6.42 Å². The van der Waals surface area contributed by atoms with Gasteiger partial charge in [-0.05, 0) is 58.5 Å². The van der Waals surface area contributed by atoms with Gasteiger partial charge in [-0.1, -0.05) is 99.7 Å². The molecule has 0 amide bonds. The quantitative estimate of drug-likeness (QED) is 0.392. The fraction of sp³-hybridized carbons (Fsp3) is 0.423. The lowest BCUT2D eigenvalue weighted by Gasteiger charge is -2.39. The molecular formula is C26H31Cl2N5. The first kappa shape index (κ1) is 23.8. The van der Waals surface area contributed by atoms with Crippen molar-refractivity contribution in [3.05, 3.63) is 76.0 Å². The van der Waals surface area contributed by atoms with E-state index in [0.717, 1.165) is 42.8 Å². The van der Waals surface area contributed by atoms with E-state index in [4.69, 9.17) is 23.2 Å². The number of nitrogens with one attached hydrogen (secondary N) is 1. The molecule has 1 atom stereocenters. The second-order valence-electron chi connectivity index (χ2n) is 9.92. The van der Waals surface area contributed by atoms with Crippen molar-refractivity contribution in [1.29, 1.82) is 0 Å². The minimum Gasteiger partial charge on any atom is -0.373 e. The molecule has 1 aromatic heterocycles. The Labute approximate surface area is 206 Å². The lowest BCUT2D eigenvalue weighted by Crippen LogP contribution is -2.42. The van der Waals surface area contributed by atoms with E-state index in [1.807, 2.05) is 29.0 Å². The van der Waals surface area contributed by atoms with Crippen molar-refractivity contribution in [3.8, 4) is 0 Å². The first-order valence-electron chi connectivity index (χ1n) is 11.5. The number of aromatic nitrogens is 4. The summed E-state index contributed by atoms with van der Waals surface area (Å²) < 4.78 is 2.00. The van der Waals surface area contributed by atoms with Gasteiger partial charge in [-0.3, -0.25) is 0 Å². The summed E-state index contributed by atoms with van der Waals surface area (Å²) in [5.41, 5.74) is 1.57. The average molecular weight is 484 g/mol. The van der Waals surface area contributed by atoms with Crippen molar-refractivity contribution in [2.45, 2.75) is 64.5 Å². The van der Waals surface area contributed by atoms with Gasteiger partial charge in [-0.15, -0.1) is 5.10 Å². The van der Waals surface area contributed by atoms with E-state index in [0.29, 0.717) is 10.0 Å². The van der Waals surface area contributed by atoms with Gasteiger partial charge in [0.05, 0.1) is 11.6 Å². The Hall–Kier alpha value is -2.37. The van der Waals surface area contributed by atoms with Crippen LogP contribution in [0.3, 0.4) is 0 Å². The molecule has 0 radical (unpaired) electrons. The Kier molecular flexibility index (Phi) is 7.10. The maximum absolute atomic E-state index is 6.42. The number of halogens is 2. The summed E-state index contributed by atoms with van der Waals surface area (Å²) in [7, 11) is 0. The Morgan fingerprint density at radius 2 is 1.76 bits per heavy atom. The maximum atomic E-state index is 6.42. The topological polar surface area (TPSA) is 55.6 Å². The number of para-hydroxylation sites is 1. The van der Waals surface area contributed by atoms with E-state index < -0.39 is 0 Å². The standard InChI is InChI=1S/C26H31Cl2N5/c1-25(2,3)23(15-13-19-12-14-20(27)18-22(19)28)33-24(30-31-32-33)26(16-8-5-9-17-26)29-21-10-6-4-7-11-21/h4,6-7,10-15,18,23,29H,5,8-9,16-17H2,1-3H3/b15-13-/t23-/m1/s1. The third-order valence-corrected chi connectivity index (χ3v) is 6.92. The Morgan fingerprint density at radius 3 is 2.42 bits per heavy atom. The molecule has 1 aliphatic carbocycles. The van der Waals surface area contributed by atoms with Crippen LogP contribution in [0.1, 0.15) is 70.3 Å². The molecule has 1 saturated carbocycles. The largest absolute Gasteiger partial charge is 0.373 e. The van der Waals surface area contributed by atoms with Crippen LogP contribution in [-0.2, 0) is 5.54 Å². The second kappa shape index (κ2) is 9.86. The monoisotopic (exact) mass is 483 g/mol. The molecule has 5 nitrogen and oxygen atoms in total. The zero-order valence-corrected chi connectivity index (χ0v) is 20.9. The van der Waals surface area contributed by atoms with Gasteiger partial charge in [0.15, 0.2) is 5.82 Å². The molecule has 1 aliphatic rings. The molecule has 3 aromatic rings. The van der Waals surface area contributed by atoms with Crippen molar-refractivity contribution in [1.82, 2.24) is 20.2 Å². The molecule has 0 spiro atoms. The third kappa shape index (κ3) is 5.42. The van der Waals surface area contributed by atoms with Crippen molar-refractivity contribution in [3.63, 3.8) is 0 Å². The number of rotatable bonds is 6. The number of nitrogens with zero attached hydrogens (tertiary/aromatic N) is 4. The van der Waals surface area contributed by atoms with E-state index in [-0.39, 0.29) is 17.0 Å². The molecule has 4 rings (SSSR count). The van der Waals surface area contributed by atoms with Gasteiger partial charge in [-0.25, -0.2) is 4.68 Å². The summed E-state index contributed by atoms with van der Waals surface area (Å²) in [6.45, 7) is 6.61. The Morgan fingerprint density at radius 1 is 1.03 bits per heavy atom. The summed E-state index contributed by atoms with van der Waals surface area (Å²) >= 11 is 12.5. The number of allylic oxidation sites excluding steroid dienone is 1. The molecule has 1 fully saturated rings. The maximum Gasteiger partial charge on any atom is 0.177 e. The molecule has 2 aromatic carbocycles. The number of tetrazole rings is 1. The van der Waals surface area contributed by atoms with Gasteiger partial charge in [0, 0.05) is 15.7 Å². The molecule has 1 N–H and O–H groups in total. The van der Waals surface area contributed by atoms with Crippen LogP contribution in [-0.4, -0.2) is 20.2 Å². The van der Waals surface area contributed by atoms with Crippen LogP contribution in [0.4, 0.5) is 5.69 Å². The van der Waals surface area contributed by atoms with Crippen molar-refractivity contribution >= 4 is 35.0 Å². The van der Waals surface area contributed by atoms with Crippen LogP contribution in [0.2, 0.25) is 10.0 Å². The van der Waals surface area contributed by atoms with Gasteiger partial charge in [0.1, 0.15) is 0 Å². The average Bonchev–Trinajstić information content (AvgIpc) is 3.26. The van der Waals surface area contributed by atoms with E-state index in [9.17, 15) is 0 Å². The van der Waals surface area contributed by atoms with E-state index >= 15 is 0 Å². The van der Waals surface area contributed by atoms with E-state index in [2.05, 4.69) is 72.0 Å². The van der Waals surface area contributed by atoms with Gasteiger partial charge in [0.25, 0.3) is 0 Å². The number of anilines is 1. The van der Waals surface area contributed by atoms with Gasteiger partial charge < -0.3 is 5.32 Å². The van der Waals surface area contributed by atoms with Gasteiger partial charge in [0.2, 0.25) is 0 Å². The van der Waals surface area contributed by atoms with Crippen LogP contribution in [0.25, 0.3) is 6.08 Å². The number of hydrogen-bond acceptors (Lipinski definition) is 4.